The Bertz CT molecular complexity index is 864. The minimum absolute atomic E-state index is 0.140. The van der Waals surface area contributed by atoms with Crippen molar-refractivity contribution in [1.82, 2.24) is 15.1 Å². The Balaban J connectivity index is 1.27. The van der Waals surface area contributed by atoms with Crippen LogP contribution in [0, 0.1) is 5.92 Å². The Kier molecular flexibility index (Phi) is 6.13. The molecule has 1 atom stereocenters. The predicted octanol–water partition coefficient (Wildman–Crippen LogP) is 2.71. The van der Waals surface area contributed by atoms with E-state index in [9.17, 15) is 4.79 Å². The van der Waals surface area contributed by atoms with Gasteiger partial charge < -0.3 is 15.1 Å². The standard InChI is InChI=1S/C24H30N4O/c1-25-24(28-13-11-20(17-28)15-19-7-3-2-4-8-19)26-16-23(29)27-14-12-21-9-5-6-10-22(21)18-27/h2-10,20H,11-18H2,1H3,(H,25,26). The molecule has 0 aromatic heterocycles. The molecular weight excluding hydrogens is 360 g/mol. The van der Waals surface area contributed by atoms with Crippen molar-refractivity contribution in [3.05, 3.63) is 71.3 Å². The number of hydrogen-bond acceptors (Lipinski definition) is 2. The molecule has 1 fully saturated rings. The van der Waals surface area contributed by atoms with Crippen molar-refractivity contribution in [3.8, 4) is 0 Å². The van der Waals surface area contributed by atoms with Crippen LogP contribution in [0.1, 0.15) is 23.1 Å². The summed E-state index contributed by atoms with van der Waals surface area (Å²) in [6, 6.07) is 19.1. The van der Waals surface area contributed by atoms with Crippen molar-refractivity contribution in [2.24, 2.45) is 10.9 Å². The Morgan fingerprint density at radius 3 is 2.59 bits per heavy atom. The van der Waals surface area contributed by atoms with E-state index in [-0.39, 0.29) is 5.91 Å². The van der Waals surface area contributed by atoms with E-state index < -0.39 is 0 Å². The number of carbonyl (C=O) groups excluding carboxylic acids is 1. The molecule has 0 saturated carbocycles. The maximum absolute atomic E-state index is 12.7. The summed E-state index contributed by atoms with van der Waals surface area (Å²) < 4.78 is 0. The van der Waals surface area contributed by atoms with Gasteiger partial charge in [-0.1, -0.05) is 54.6 Å². The summed E-state index contributed by atoms with van der Waals surface area (Å²) in [5.41, 5.74) is 4.02. The van der Waals surface area contributed by atoms with Gasteiger partial charge in [0.1, 0.15) is 0 Å². The lowest BCUT2D eigenvalue weighted by Gasteiger charge is -2.29. The summed E-state index contributed by atoms with van der Waals surface area (Å²) >= 11 is 0. The summed E-state index contributed by atoms with van der Waals surface area (Å²) in [6.07, 6.45) is 3.19. The summed E-state index contributed by atoms with van der Waals surface area (Å²) in [7, 11) is 1.80. The van der Waals surface area contributed by atoms with Crippen molar-refractivity contribution in [3.63, 3.8) is 0 Å². The molecule has 0 radical (unpaired) electrons. The molecule has 4 rings (SSSR count). The monoisotopic (exact) mass is 390 g/mol. The van der Waals surface area contributed by atoms with Gasteiger partial charge >= 0.3 is 0 Å². The molecule has 0 spiro atoms. The molecular formula is C24H30N4O. The smallest absolute Gasteiger partial charge is 0.242 e. The molecule has 1 amide bonds. The fourth-order valence-electron chi connectivity index (χ4n) is 4.45. The lowest BCUT2D eigenvalue weighted by atomic mass is 9.99. The number of hydrogen-bond donors (Lipinski definition) is 1. The number of guanidine groups is 1. The molecule has 0 aliphatic carbocycles. The molecule has 0 bridgehead atoms. The first-order chi connectivity index (χ1) is 14.2. The van der Waals surface area contributed by atoms with E-state index in [1.54, 1.807) is 7.05 Å². The third kappa shape index (κ3) is 4.78. The lowest BCUT2D eigenvalue weighted by molar-refractivity contribution is -0.130. The molecule has 1 unspecified atom stereocenters. The van der Waals surface area contributed by atoms with E-state index in [2.05, 4.69) is 63.7 Å². The number of rotatable bonds is 4. The van der Waals surface area contributed by atoms with E-state index in [4.69, 9.17) is 0 Å². The van der Waals surface area contributed by atoms with Gasteiger partial charge in [-0.05, 0) is 41.9 Å². The van der Waals surface area contributed by atoms with Crippen LogP contribution in [-0.4, -0.2) is 54.9 Å². The minimum atomic E-state index is 0.140. The molecule has 2 aliphatic heterocycles. The first kappa shape index (κ1) is 19.5. The zero-order chi connectivity index (χ0) is 20.1. The van der Waals surface area contributed by atoms with Crippen molar-refractivity contribution in [2.75, 3.05) is 33.2 Å². The predicted molar refractivity (Wildman–Crippen MR) is 117 cm³/mol. The SMILES string of the molecule is CN=C(NCC(=O)N1CCc2ccccc2C1)N1CCC(Cc2ccccc2)C1. The molecule has 5 heteroatoms. The number of aliphatic imine (C=N–C) groups is 1. The van der Waals surface area contributed by atoms with Gasteiger partial charge in [-0.15, -0.1) is 0 Å². The molecule has 29 heavy (non-hydrogen) atoms. The third-order valence-corrected chi connectivity index (χ3v) is 6.05. The quantitative estimate of drug-likeness (QED) is 0.645. The second-order valence-corrected chi connectivity index (χ2v) is 8.03. The van der Waals surface area contributed by atoms with E-state index >= 15 is 0 Å². The second-order valence-electron chi connectivity index (χ2n) is 8.03. The highest BCUT2D eigenvalue weighted by atomic mass is 16.2. The average molecular weight is 391 g/mol. The van der Waals surface area contributed by atoms with Crippen LogP contribution in [-0.2, 0) is 24.2 Å². The largest absolute Gasteiger partial charge is 0.347 e. The summed E-state index contributed by atoms with van der Waals surface area (Å²) in [4.78, 5) is 21.4. The molecule has 1 saturated heterocycles. The van der Waals surface area contributed by atoms with Gasteiger partial charge in [-0.25, -0.2) is 0 Å². The van der Waals surface area contributed by atoms with Gasteiger partial charge in [0.05, 0.1) is 6.54 Å². The van der Waals surface area contributed by atoms with E-state index in [1.807, 2.05) is 11.0 Å². The van der Waals surface area contributed by atoms with Crippen molar-refractivity contribution in [1.29, 1.82) is 0 Å². The Hall–Kier alpha value is -2.82. The number of fused-ring (bicyclic) bond motifs is 1. The molecule has 2 heterocycles. The number of benzene rings is 2. The van der Waals surface area contributed by atoms with Crippen LogP contribution in [0.25, 0.3) is 0 Å². The van der Waals surface area contributed by atoms with Crippen LogP contribution in [0.15, 0.2) is 59.6 Å². The number of carbonyl (C=O) groups is 1. The molecule has 152 valence electrons. The first-order valence-corrected chi connectivity index (χ1v) is 10.6. The van der Waals surface area contributed by atoms with Gasteiger partial charge in [-0.3, -0.25) is 9.79 Å². The normalized spacial score (nSPS) is 19.2. The maximum atomic E-state index is 12.7. The highest BCUT2D eigenvalue weighted by Crippen LogP contribution is 2.21. The zero-order valence-corrected chi connectivity index (χ0v) is 17.2. The molecule has 5 nitrogen and oxygen atoms in total. The van der Waals surface area contributed by atoms with Gasteiger partial charge in [0.2, 0.25) is 5.91 Å². The van der Waals surface area contributed by atoms with Crippen LogP contribution < -0.4 is 5.32 Å². The lowest BCUT2D eigenvalue weighted by Crippen LogP contribution is -2.46. The Labute approximate surface area is 173 Å². The van der Waals surface area contributed by atoms with Crippen LogP contribution in [0.5, 0.6) is 0 Å². The van der Waals surface area contributed by atoms with Gasteiger partial charge in [0.25, 0.3) is 0 Å². The number of likely N-dealkylation sites (tertiary alicyclic amines) is 1. The van der Waals surface area contributed by atoms with Crippen LogP contribution >= 0.6 is 0 Å². The molecule has 2 aliphatic rings. The first-order valence-electron chi connectivity index (χ1n) is 10.6. The zero-order valence-electron chi connectivity index (χ0n) is 17.2. The second kappa shape index (κ2) is 9.12. The van der Waals surface area contributed by atoms with Crippen LogP contribution in [0.2, 0.25) is 0 Å². The summed E-state index contributed by atoms with van der Waals surface area (Å²) in [6.45, 7) is 3.77. The molecule has 2 aromatic rings. The maximum Gasteiger partial charge on any atom is 0.242 e. The van der Waals surface area contributed by atoms with Crippen LogP contribution in [0.3, 0.4) is 0 Å². The van der Waals surface area contributed by atoms with Crippen LogP contribution in [0.4, 0.5) is 0 Å². The number of amides is 1. The number of nitrogens with zero attached hydrogens (tertiary/aromatic N) is 3. The molecule has 1 N–H and O–H groups in total. The highest BCUT2D eigenvalue weighted by Gasteiger charge is 2.26. The fourth-order valence-corrected chi connectivity index (χ4v) is 4.45. The van der Waals surface area contributed by atoms with E-state index in [0.717, 1.165) is 44.9 Å². The summed E-state index contributed by atoms with van der Waals surface area (Å²) in [5.74, 6) is 1.61. The minimum Gasteiger partial charge on any atom is -0.347 e. The van der Waals surface area contributed by atoms with Crippen molar-refractivity contribution >= 4 is 11.9 Å². The Morgan fingerprint density at radius 2 is 1.79 bits per heavy atom. The van der Waals surface area contributed by atoms with E-state index in [0.29, 0.717) is 19.0 Å². The Morgan fingerprint density at radius 1 is 1.03 bits per heavy atom. The molecule has 2 aromatic carbocycles. The van der Waals surface area contributed by atoms with Crippen molar-refractivity contribution in [2.45, 2.75) is 25.8 Å². The highest BCUT2D eigenvalue weighted by molar-refractivity contribution is 5.86. The van der Waals surface area contributed by atoms with Gasteiger partial charge in [-0.2, -0.15) is 0 Å². The fraction of sp³-hybridized carbons (Fsp3) is 0.417. The summed E-state index contributed by atoms with van der Waals surface area (Å²) in [5, 5.41) is 3.30. The average Bonchev–Trinajstić information content (AvgIpc) is 3.22. The third-order valence-electron chi connectivity index (χ3n) is 6.05. The van der Waals surface area contributed by atoms with E-state index in [1.165, 1.54) is 16.7 Å². The van der Waals surface area contributed by atoms with Gasteiger partial charge in [0, 0.05) is 33.2 Å². The van der Waals surface area contributed by atoms with Gasteiger partial charge in [0.15, 0.2) is 5.96 Å². The van der Waals surface area contributed by atoms with Crippen molar-refractivity contribution < 1.29 is 4.79 Å². The number of nitrogens with one attached hydrogen (secondary N) is 1. The topological polar surface area (TPSA) is 47.9 Å².